The number of fused-ring (bicyclic) bond motifs is 1. The number of aryl methyl sites for hydroxylation is 1. The van der Waals surface area contributed by atoms with Gasteiger partial charge in [0.25, 0.3) is 0 Å². The molecule has 1 N–H and O–H groups in total. The fourth-order valence-electron chi connectivity index (χ4n) is 4.08. The van der Waals surface area contributed by atoms with Gasteiger partial charge in [-0.05, 0) is 49.3 Å². The number of carboxylic acids is 1. The Morgan fingerprint density at radius 1 is 1.30 bits per heavy atom. The Morgan fingerprint density at radius 2 is 2.04 bits per heavy atom. The average molecular weight is 336 g/mol. The summed E-state index contributed by atoms with van der Waals surface area (Å²) in [5.41, 5.74) is 0.494. The minimum atomic E-state index is -0.725. The van der Waals surface area contributed by atoms with Crippen LogP contribution in [0.2, 0.25) is 5.02 Å². The Balaban J connectivity index is 1.51. The third kappa shape index (κ3) is 3.23. The number of rotatable bonds is 5. The van der Waals surface area contributed by atoms with Crippen molar-refractivity contribution in [3.05, 3.63) is 34.9 Å². The molecule has 0 aromatic heterocycles. The highest BCUT2D eigenvalue weighted by atomic mass is 35.5. The number of carboxylic acid groups (broad SMARTS) is 1. The number of halogens is 1. The number of amides is 1. The largest absolute Gasteiger partial charge is 0.481 e. The molecule has 1 saturated heterocycles. The minimum Gasteiger partial charge on any atom is -0.481 e. The molecule has 0 radical (unpaired) electrons. The number of nitrogens with zero attached hydrogens (tertiary/aromatic N) is 1. The van der Waals surface area contributed by atoms with Gasteiger partial charge in [-0.3, -0.25) is 9.59 Å². The molecule has 4 nitrogen and oxygen atoms in total. The van der Waals surface area contributed by atoms with Gasteiger partial charge in [0.15, 0.2) is 0 Å². The Bertz CT molecular complexity index is 601. The van der Waals surface area contributed by atoms with Crippen LogP contribution in [0.4, 0.5) is 0 Å². The van der Waals surface area contributed by atoms with Crippen LogP contribution >= 0.6 is 11.6 Å². The van der Waals surface area contributed by atoms with Gasteiger partial charge >= 0.3 is 5.97 Å². The molecular formula is C18H22ClNO3. The van der Waals surface area contributed by atoms with Crippen LogP contribution in [0, 0.1) is 11.3 Å². The van der Waals surface area contributed by atoms with Crippen molar-refractivity contribution in [1.82, 2.24) is 4.90 Å². The SMILES string of the molecule is O=C(CCCc1ccc(Cl)cc1)N1C[C@@H]2CCC[C@@]2(C(=O)O)C1. The summed E-state index contributed by atoms with van der Waals surface area (Å²) in [5, 5.41) is 10.3. The first-order valence-corrected chi connectivity index (χ1v) is 8.65. The smallest absolute Gasteiger partial charge is 0.311 e. The molecular weight excluding hydrogens is 314 g/mol. The molecule has 23 heavy (non-hydrogen) atoms. The van der Waals surface area contributed by atoms with Crippen LogP contribution in [0.3, 0.4) is 0 Å². The lowest BCUT2D eigenvalue weighted by molar-refractivity contribution is -0.149. The zero-order valence-electron chi connectivity index (χ0n) is 13.1. The summed E-state index contributed by atoms with van der Waals surface area (Å²) >= 11 is 5.86. The normalized spacial score (nSPS) is 26.3. The van der Waals surface area contributed by atoms with Crippen molar-refractivity contribution in [1.29, 1.82) is 0 Å². The number of aliphatic carboxylic acids is 1. The fourth-order valence-corrected chi connectivity index (χ4v) is 4.21. The van der Waals surface area contributed by atoms with Gasteiger partial charge in [-0.1, -0.05) is 30.2 Å². The first-order valence-electron chi connectivity index (χ1n) is 8.27. The van der Waals surface area contributed by atoms with E-state index in [1.165, 1.54) is 5.56 Å². The second-order valence-electron chi connectivity index (χ2n) is 6.80. The number of likely N-dealkylation sites (tertiary alicyclic amines) is 1. The van der Waals surface area contributed by atoms with Gasteiger partial charge in [0.1, 0.15) is 0 Å². The van der Waals surface area contributed by atoms with Crippen molar-refractivity contribution in [2.75, 3.05) is 13.1 Å². The van der Waals surface area contributed by atoms with Crippen molar-refractivity contribution in [2.24, 2.45) is 11.3 Å². The van der Waals surface area contributed by atoms with Crippen molar-refractivity contribution >= 4 is 23.5 Å². The van der Waals surface area contributed by atoms with Crippen LogP contribution in [0.15, 0.2) is 24.3 Å². The minimum absolute atomic E-state index is 0.0917. The lowest BCUT2D eigenvalue weighted by atomic mass is 9.81. The number of carbonyl (C=O) groups is 2. The van der Waals surface area contributed by atoms with Gasteiger partial charge in [-0.15, -0.1) is 0 Å². The highest BCUT2D eigenvalue weighted by Crippen LogP contribution is 2.49. The fraction of sp³-hybridized carbons (Fsp3) is 0.556. The molecule has 1 aliphatic heterocycles. The van der Waals surface area contributed by atoms with Gasteiger partial charge in [0.05, 0.1) is 5.41 Å². The van der Waals surface area contributed by atoms with Crippen LogP contribution in [-0.4, -0.2) is 35.0 Å². The van der Waals surface area contributed by atoms with E-state index in [-0.39, 0.29) is 11.8 Å². The molecule has 3 rings (SSSR count). The molecule has 1 aromatic rings. The molecule has 2 aliphatic rings. The summed E-state index contributed by atoms with van der Waals surface area (Å²) in [5.74, 6) is -0.495. The molecule has 0 unspecified atom stereocenters. The number of hydrogen-bond acceptors (Lipinski definition) is 2. The van der Waals surface area contributed by atoms with Crippen LogP contribution in [0.5, 0.6) is 0 Å². The van der Waals surface area contributed by atoms with E-state index >= 15 is 0 Å². The zero-order chi connectivity index (χ0) is 16.4. The third-order valence-electron chi connectivity index (χ3n) is 5.42. The van der Waals surface area contributed by atoms with E-state index in [4.69, 9.17) is 11.6 Å². The van der Waals surface area contributed by atoms with E-state index < -0.39 is 11.4 Å². The maximum atomic E-state index is 12.4. The van der Waals surface area contributed by atoms with Crippen molar-refractivity contribution < 1.29 is 14.7 Å². The summed E-state index contributed by atoms with van der Waals surface area (Å²) < 4.78 is 0. The Hall–Kier alpha value is -1.55. The third-order valence-corrected chi connectivity index (χ3v) is 5.67. The second-order valence-corrected chi connectivity index (χ2v) is 7.24. The lowest BCUT2D eigenvalue weighted by Crippen LogP contribution is -2.37. The van der Waals surface area contributed by atoms with E-state index in [2.05, 4.69) is 0 Å². The number of hydrogen-bond donors (Lipinski definition) is 1. The molecule has 1 aromatic carbocycles. The van der Waals surface area contributed by atoms with Gasteiger partial charge in [-0.2, -0.15) is 0 Å². The summed E-state index contributed by atoms with van der Waals surface area (Å²) in [6, 6.07) is 7.67. The quantitative estimate of drug-likeness (QED) is 0.897. The predicted molar refractivity (Wildman–Crippen MR) is 88.4 cm³/mol. The average Bonchev–Trinajstić information content (AvgIpc) is 3.07. The molecule has 1 amide bonds. The summed E-state index contributed by atoms with van der Waals surface area (Å²) in [6.45, 7) is 1.01. The highest BCUT2D eigenvalue weighted by molar-refractivity contribution is 6.30. The molecule has 1 saturated carbocycles. The number of benzene rings is 1. The van der Waals surface area contributed by atoms with Crippen molar-refractivity contribution in [3.63, 3.8) is 0 Å². The Labute approximate surface area is 141 Å². The van der Waals surface area contributed by atoms with E-state index in [9.17, 15) is 14.7 Å². The van der Waals surface area contributed by atoms with Crippen LogP contribution in [0.1, 0.15) is 37.7 Å². The van der Waals surface area contributed by atoms with E-state index in [1.807, 2.05) is 24.3 Å². The monoisotopic (exact) mass is 335 g/mol. The molecule has 0 bridgehead atoms. The molecule has 1 heterocycles. The van der Waals surface area contributed by atoms with Crippen LogP contribution < -0.4 is 0 Å². The summed E-state index contributed by atoms with van der Waals surface area (Å²) in [4.78, 5) is 25.8. The zero-order valence-corrected chi connectivity index (χ0v) is 13.9. The van der Waals surface area contributed by atoms with Crippen LogP contribution in [-0.2, 0) is 16.0 Å². The molecule has 2 fully saturated rings. The van der Waals surface area contributed by atoms with Crippen LogP contribution in [0.25, 0.3) is 0 Å². The Morgan fingerprint density at radius 3 is 2.70 bits per heavy atom. The predicted octanol–water partition coefficient (Wildman–Crippen LogP) is 3.38. The highest BCUT2D eigenvalue weighted by Gasteiger charge is 2.55. The first kappa shape index (κ1) is 16.3. The Kier molecular flexibility index (Phi) is 4.62. The van der Waals surface area contributed by atoms with Gasteiger partial charge < -0.3 is 10.0 Å². The van der Waals surface area contributed by atoms with Crippen molar-refractivity contribution in [3.8, 4) is 0 Å². The molecule has 0 spiro atoms. The molecule has 1 aliphatic carbocycles. The van der Waals surface area contributed by atoms with E-state index in [0.717, 1.165) is 25.7 Å². The van der Waals surface area contributed by atoms with E-state index in [1.54, 1.807) is 4.90 Å². The topological polar surface area (TPSA) is 57.6 Å². The molecule has 2 atom stereocenters. The first-order chi connectivity index (χ1) is 11.0. The maximum absolute atomic E-state index is 12.4. The summed E-state index contributed by atoms with van der Waals surface area (Å²) in [6.07, 6.45) is 4.70. The maximum Gasteiger partial charge on any atom is 0.311 e. The van der Waals surface area contributed by atoms with Gasteiger partial charge in [0, 0.05) is 24.5 Å². The lowest BCUT2D eigenvalue weighted by Gasteiger charge is -2.23. The summed E-state index contributed by atoms with van der Waals surface area (Å²) in [7, 11) is 0. The number of carbonyl (C=O) groups excluding carboxylic acids is 1. The van der Waals surface area contributed by atoms with Gasteiger partial charge in [-0.25, -0.2) is 0 Å². The molecule has 5 heteroatoms. The van der Waals surface area contributed by atoms with Gasteiger partial charge in [0.2, 0.25) is 5.91 Å². The van der Waals surface area contributed by atoms with Crippen molar-refractivity contribution in [2.45, 2.75) is 38.5 Å². The second kappa shape index (κ2) is 6.52. The standard InChI is InChI=1S/C18H22ClNO3/c19-15-8-6-13(7-9-15)3-1-5-16(21)20-11-14-4-2-10-18(14,12-20)17(22)23/h6-9,14H,1-5,10-12H2,(H,22,23)/t14-,18+/m0/s1. The van der Waals surface area contributed by atoms with E-state index in [0.29, 0.717) is 31.0 Å². The molecule has 124 valence electrons.